The molecular formula is C20H22Cl2N2O2. The molecule has 0 heterocycles. The number of rotatable bonds is 7. The van der Waals surface area contributed by atoms with Crippen LogP contribution >= 0.6 is 23.2 Å². The molecule has 0 atom stereocenters. The standard InChI is InChI=1S/C20H22Cl2N2O2/c1-3-10-24(13-19(25)23-18-7-5-4-6-14(18)2)20(26)12-15-8-9-16(21)17(22)11-15/h4-9,11H,3,10,12-13H2,1-2H3,(H,23,25). The van der Waals surface area contributed by atoms with Crippen LogP contribution in [-0.2, 0) is 16.0 Å². The van der Waals surface area contributed by atoms with Crippen LogP contribution in [0, 0.1) is 6.92 Å². The molecule has 0 bridgehead atoms. The Morgan fingerprint density at radius 3 is 2.46 bits per heavy atom. The first-order chi connectivity index (χ1) is 12.4. The van der Waals surface area contributed by atoms with Crippen LogP contribution < -0.4 is 5.32 Å². The predicted octanol–water partition coefficient (Wildman–Crippen LogP) is 4.72. The minimum Gasteiger partial charge on any atom is -0.333 e. The van der Waals surface area contributed by atoms with E-state index in [1.54, 1.807) is 23.1 Å². The van der Waals surface area contributed by atoms with Gasteiger partial charge in [-0.1, -0.05) is 54.4 Å². The zero-order valence-corrected chi connectivity index (χ0v) is 16.4. The van der Waals surface area contributed by atoms with Crippen LogP contribution in [0.2, 0.25) is 10.0 Å². The maximum absolute atomic E-state index is 12.6. The van der Waals surface area contributed by atoms with Gasteiger partial charge >= 0.3 is 0 Å². The molecular weight excluding hydrogens is 371 g/mol. The fourth-order valence-electron chi connectivity index (χ4n) is 2.57. The molecule has 2 rings (SSSR count). The Bertz CT molecular complexity index is 793. The van der Waals surface area contributed by atoms with Crippen LogP contribution in [0.3, 0.4) is 0 Å². The van der Waals surface area contributed by atoms with Crippen molar-refractivity contribution in [1.82, 2.24) is 4.90 Å². The summed E-state index contributed by atoms with van der Waals surface area (Å²) in [6, 6.07) is 12.7. The van der Waals surface area contributed by atoms with Gasteiger partial charge in [-0.05, 0) is 42.7 Å². The van der Waals surface area contributed by atoms with E-state index >= 15 is 0 Å². The number of carbonyl (C=O) groups excluding carboxylic acids is 2. The number of aryl methyl sites for hydroxylation is 1. The third-order valence-corrected chi connectivity index (χ3v) is 4.68. The van der Waals surface area contributed by atoms with E-state index in [4.69, 9.17) is 23.2 Å². The van der Waals surface area contributed by atoms with E-state index in [1.165, 1.54) is 0 Å². The number of benzene rings is 2. The molecule has 4 nitrogen and oxygen atoms in total. The quantitative estimate of drug-likeness (QED) is 0.740. The molecule has 0 saturated heterocycles. The number of hydrogen-bond donors (Lipinski definition) is 1. The largest absolute Gasteiger partial charge is 0.333 e. The Hall–Kier alpha value is -2.04. The number of halogens is 2. The molecule has 2 aromatic carbocycles. The van der Waals surface area contributed by atoms with E-state index in [0.717, 1.165) is 23.2 Å². The molecule has 0 spiro atoms. The second-order valence-electron chi connectivity index (χ2n) is 6.10. The number of para-hydroxylation sites is 1. The number of carbonyl (C=O) groups is 2. The second kappa shape index (κ2) is 9.60. The van der Waals surface area contributed by atoms with Crippen molar-refractivity contribution in [3.8, 4) is 0 Å². The summed E-state index contributed by atoms with van der Waals surface area (Å²) in [5.74, 6) is -0.333. The van der Waals surface area contributed by atoms with Crippen LogP contribution in [0.4, 0.5) is 5.69 Å². The minimum atomic E-state index is -0.213. The zero-order valence-electron chi connectivity index (χ0n) is 14.9. The highest BCUT2D eigenvalue weighted by atomic mass is 35.5. The summed E-state index contributed by atoms with van der Waals surface area (Å²) in [4.78, 5) is 26.6. The second-order valence-corrected chi connectivity index (χ2v) is 6.92. The smallest absolute Gasteiger partial charge is 0.244 e. The first-order valence-electron chi connectivity index (χ1n) is 8.48. The molecule has 2 aromatic rings. The number of hydrogen-bond acceptors (Lipinski definition) is 2. The summed E-state index contributed by atoms with van der Waals surface area (Å²) >= 11 is 11.9. The van der Waals surface area contributed by atoms with E-state index < -0.39 is 0 Å². The van der Waals surface area contributed by atoms with Crippen molar-refractivity contribution in [3.05, 3.63) is 63.6 Å². The molecule has 6 heteroatoms. The fourth-order valence-corrected chi connectivity index (χ4v) is 2.89. The lowest BCUT2D eigenvalue weighted by Crippen LogP contribution is -2.39. The maximum atomic E-state index is 12.6. The molecule has 26 heavy (non-hydrogen) atoms. The van der Waals surface area contributed by atoms with Crippen molar-refractivity contribution in [2.75, 3.05) is 18.4 Å². The first-order valence-corrected chi connectivity index (χ1v) is 9.23. The molecule has 0 aliphatic carbocycles. The van der Waals surface area contributed by atoms with Gasteiger partial charge in [0, 0.05) is 12.2 Å². The Labute approximate surface area is 164 Å². The number of nitrogens with one attached hydrogen (secondary N) is 1. The fraction of sp³-hybridized carbons (Fsp3) is 0.300. The summed E-state index contributed by atoms with van der Waals surface area (Å²) in [7, 11) is 0. The number of amides is 2. The van der Waals surface area contributed by atoms with Gasteiger partial charge in [0.05, 0.1) is 23.0 Å². The van der Waals surface area contributed by atoms with E-state index in [1.807, 2.05) is 38.1 Å². The highest BCUT2D eigenvalue weighted by Crippen LogP contribution is 2.23. The van der Waals surface area contributed by atoms with Gasteiger partial charge in [-0.15, -0.1) is 0 Å². The highest BCUT2D eigenvalue weighted by Gasteiger charge is 2.17. The van der Waals surface area contributed by atoms with Crippen LogP contribution in [0.5, 0.6) is 0 Å². The van der Waals surface area contributed by atoms with Crippen molar-refractivity contribution in [2.24, 2.45) is 0 Å². The predicted molar refractivity (Wildman–Crippen MR) is 107 cm³/mol. The molecule has 2 amide bonds. The summed E-state index contributed by atoms with van der Waals surface area (Å²) in [5, 5.41) is 3.73. The Kier molecular flexibility index (Phi) is 7.49. The average molecular weight is 393 g/mol. The van der Waals surface area contributed by atoms with Crippen molar-refractivity contribution < 1.29 is 9.59 Å². The average Bonchev–Trinajstić information content (AvgIpc) is 2.60. The summed E-state index contributed by atoms with van der Waals surface area (Å²) in [5.41, 5.74) is 2.50. The summed E-state index contributed by atoms with van der Waals surface area (Å²) < 4.78 is 0. The molecule has 0 saturated carbocycles. The lowest BCUT2D eigenvalue weighted by atomic mass is 10.1. The molecule has 0 unspecified atom stereocenters. The summed E-state index contributed by atoms with van der Waals surface area (Å²) in [6.45, 7) is 4.43. The Balaban J connectivity index is 2.02. The molecule has 0 radical (unpaired) electrons. The Morgan fingerprint density at radius 1 is 1.08 bits per heavy atom. The van der Waals surface area contributed by atoms with Gasteiger partial charge in [0.25, 0.3) is 0 Å². The molecule has 138 valence electrons. The first kappa shape index (κ1) is 20.3. The van der Waals surface area contributed by atoms with Crippen molar-refractivity contribution >= 4 is 40.7 Å². The van der Waals surface area contributed by atoms with E-state index in [9.17, 15) is 9.59 Å². The maximum Gasteiger partial charge on any atom is 0.244 e. The van der Waals surface area contributed by atoms with Gasteiger partial charge in [-0.3, -0.25) is 9.59 Å². The van der Waals surface area contributed by atoms with Crippen LogP contribution in [0.25, 0.3) is 0 Å². The molecule has 0 aliphatic heterocycles. The highest BCUT2D eigenvalue weighted by molar-refractivity contribution is 6.42. The Morgan fingerprint density at radius 2 is 1.81 bits per heavy atom. The molecule has 0 aromatic heterocycles. The van der Waals surface area contributed by atoms with Crippen molar-refractivity contribution in [1.29, 1.82) is 0 Å². The minimum absolute atomic E-state index is 0.0162. The third kappa shape index (κ3) is 5.75. The third-order valence-electron chi connectivity index (χ3n) is 3.94. The van der Waals surface area contributed by atoms with Gasteiger partial charge in [-0.25, -0.2) is 0 Å². The van der Waals surface area contributed by atoms with E-state index in [0.29, 0.717) is 16.6 Å². The monoisotopic (exact) mass is 392 g/mol. The van der Waals surface area contributed by atoms with Crippen molar-refractivity contribution in [3.63, 3.8) is 0 Å². The number of anilines is 1. The van der Waals surface area contributed by atoms with Gasteiger partial charge in [0.1, 0.15) is 0 Å². The molecule has 0 aliphatic rings. The van der Waals surface area contributed by atoms with Gasteiger partial charge in [-0.2, -0.15) is 0 Å². The number of nitrogens with zero attached hydrogens (tertiary/aromatic N) is 1. The lowest BCUT2D eigenvalue weighted by Gasteiger charge is -2.22. The van der Waals surface area contributed by atoms with Crippen LogP contribution in [0.15, 0.2) is 42.5 Å². The van der Waals surface area contributed by atoms with Gasteiger partial charge in [0.2, 0.25) is 11.8 Å². The van der Waals surface area contributed by atoms with E-state index in [2.05, 4.69) is 5.32 Å². The topological polar surface area (TPSA) is 49.4 Å². The molecule has 1 N–H and O–H groups in total. The zero-order chi connectivity index (χ0) is 19.1. The van der Waals surface area contributed by atoms with Crippen LogP contribution in [0.1, 0.15) is 24.5 Å². The van der Waals surface area contributed by atoms with Crippen molar-refractivity contribution in [2.45, 2.75) is 26.7 Å². The normalized spacial score (nSPS) is 10.5. The molecule has 0 fully saturated rings. The van der Waals surface area contributed by atoms with Gasteiger partial charge in [0.15, 0.2) is 0 Å². The van der Waals surface area contributed by atoms with Crippen LogP contribution in [-0.4, -0.2) is 29.8 Å². The SMILES string of the molecule is CCCN(CC(=O)Nc1ccccc1C)C(=O)Cc1ccc(Cl)c(Cl)c1. The van der Waals surface area contributed by atoms with E-state index in [-0.39, 0.29) is 24.8 Å². The lowest BCUT2D eigenvalue weighted by molar-refractivity contribution is -0.134. The summed E-state index contributed by atoms with van der Waals surface area (Å²) in [6.07, 6.45) is 0.944. The van der Waals surface area contributed by atoms with Gasteiger partial charge < -0.3 is 10.2 Å².